The third kappa shape index (κ3) is 3.19. The SMILES string of the molecule is CCCC(C)C(=O)Nc1c(O)cccc1[N+](=O)[O-]. The molecule has 98 valence electrons. The van der Waals surface area contributed by atoms with Crippen LogP contribution >= 0.6 is 0 Å². The summed E-state index contributed by atoms with van der Waals surface area (Å²) >= 11 is 0. The van der Waals surface area contributed by atoms with E-state index in [0.717, 1.165) is 6.42 Å². The highest BCUT2D eigenvalue weighted by Gasteiger charge is 2.21. The molecule has 0 saturated heterocycles. The second kappa shape index (κ2) is 6.00. The predicted octanol–water partition coefficient (Wildman–Crippen LogP) is 2.68. The molecule has 1 aromatic rings. The molecule has 0 aliphatic rings. The number of hydrogen-bond acceptors (Lipinski definition) is 4. The summed E-state index contributed by atoms with van der Waals surface area (Å²) in [5.41, 5.74) is -0.456. The zero-order valence-corrected chi connectivity index (χ0v) is 10.3. The van der Waals surface area contributed by atoms with Crippen LogP contribution in [0.4, 0.5) is 11.4 Å². The maximum atomic E-state index is 11.8. The van der Waals surface area contributed by atoms with Crippen molar-refractivity contribution in [1.82, 2.24) is 0 Å². The average molecular weight is 252 g/mol. The number of anilines is 1. The minimum atomic E-state index is -0.639. The molecule has 6 heteroatoms. The van der Waals surface area contributed by atoms with Crippen LogP contribution in [0.15, 0.2) is 18.2 Å². The number of hydrogen-bond donors (Lipinski definition) is 2. The Balaban J connectivity index is 2.96. The summed E-state index contributed by atoms with van der Waals surface area (Å²) < 4.78 is 0. The number of carbonyl (C=O) groups excluding carboxylic acids is 1. The molecule has 1 unspecified atom stereocenters. The van der Waals surface area contributed by atoms with E-state index in [0.29, 0.717) is 6.42 Å². The van der Waals surface area contributed by atoms with E-state index in [-0.39, 0.29) is 28.9 Å². The standard InChI is InChI=1S/C12H16N2O4/c1-3-5-8(2)12(16)13-11-9(14(17)18)6-4-7-10(11)15/h4,6-8,15H,3,5H2,1-2H3,(H,13,16). The van der Waals surface area contributed by atoms with E-state index in [1.165, 1.54) is 18.2 Å². The monoisotopic (exact) mass is 252 g/mol. The molecule has 0 radical (unpaired) electrons. The van der Waals surface area contributed by atoms with Gasteiger partial charge in [0.15, 0.2) is 5.69 Å². The third-order valence-corrected chi connectivity index (χ3v) is 2.63. The van der Waals surface area contributed by atoms with Crippen molar-refractivity contribution in [1.29, 1.82) is 0 Å². The zero-order chi connectivity index (χ0) is 13.7. The molecule has 1 rings (SSSR count). The number of phenols is 1. The number of benzene rings is 1. The Kier molecular flexibility index (Phi) is 4.65. The number of nitrogens with one attached hydrogen (secondary N) is 1. The molecule has 1 atom stereocenters. The van der Waals surface area contributed by atoms with Crippen molar-refractivity contribution in [3.05, 3.63) is 28.3 Å². The normalized spacial score (nSPS) is 11.9. The van der Waals surface area contributed by atoms with E-state index in [2.05, 4.69) is 5.32 Å². The van der Waals surface area contributed by atoms with Gasteiger partial charge < -0.3 is 10.4 Å². The molecular weight excluding hydrogens is 236 g/mol. The van der Waals surface area contributed by atoms with Crippen LogP contribution in [-0.4, -0.2) is 15.9 Å². The highest BCUT2D eigenvalue weighted by molar-refractivity contribution is 5.96. The fraction of sp³-hybridized carbons (Fsp3) is 0.417. The molecule has 1 amide bonds. The maximum Gasteiger partial charge on any atom is 0.296 e. The van der Waals surface area contributed by atoms with E-state index < -0.39 is 4.92 Å². The second-order valence-corrected chi connectivity index (χ2v) is 4.11. The van der Waals surface area contributed by atoms with Crippen molar-refractivity contribution in [3.63, 3.8) is 0 Å². The first kappa shape index (κ1) is 14.0. The fourth-order valence-electron chi connectivity index (χ4n) is 1.62. The quantitative estimate of drug-likeness (QED) is 0.478. The molecular formula is C12H16N2O4. The molecule has 18 heavy (non-hydrogen) atoms. The van der Waals surface area contributed by atoms with E-state index in [4.69, 9.17) is 0 Å². The van der Waals surface area contributed by atoms with Crippen LogP contribution in [0.2, 0.25) is 0 Å². The van der Waals surface area contributed by atoms with Gasteiger partial charge in [-0.15, -0.1) is 0 Å². The van der Waals surface area contributed by atoms with Crippen molar-refractivity contribution < 1.29 is 14.8 Å². The molecule has 0 aromatic heterocycles. The summed E-state index contributed by atoms with van der Waals surface area (Å²) in [5.74, 6) is -0.892. The minimum Gasteiger partial charge on any atom is -0.505 e. The lowest BCUT2D eigenvalue weighted by molar-refractivity contribution is -0.384. The molecule has 1 aromatic carbocycles. The number of para-hydroxylation sites is 1. The number of nitrogens with zero attached hydrogens (tertiary/aromatic N) is 1. The lowest BCUT2D eigenvalue weighted by Crippen LogP contribution is -2.20. The molecule has 2 N–H and O–H groups in total. The number of nitro benzene ring substituents is 1. The third-order valence-electron chi connectivity index (χ3n) is 2.63. The predicted molar refractivity (Wildman–Crippen MR) is 67.5 cm³/mol. The molecule has 0 heterocycles. The van der Waals surface area contributed by atoms with Crippen molar-refractivity contribution in [2.24, 2.45) is 5.92 Å². The van der Waals surface area contributed by atoms with Gasteiger partial charge in [-0.1, -0.05) is 26.3 Å². The van der Waals surface area contributed by atoms with Gasteiger partial charge in [0, 0.05) is 12.0 Å². The van der Waals surface area contributed by atoms with E-state index in [1.807, 2.05) is 6.92 Å². The van der Waals surface area contributed by atoms with Crippen molar-refractivity contribution in [3.8, 4) is 5.75 Å². The topological polar surface area (TPSA) is 92.5 Å². The van der Waals surface area contributed by atoms with Gasteiger partial charge in [-0.3, -0.25) is 14.9 Å². The number of rotatable bonds is 5. The Hall–Kier alpha value is -2.11. The van der Waals surface area contributed by atoms with Gasteiger partial charge in [0.25, 0.3) is 5.69 Å². The Morgan fingerprint density at radius 3 is 2.78 bits per heavy atom. The lowest BCUT2D eigenvalue weighted by atomic mass is 10.1. The number of phenolic OH excluding ortho intramolecular Hbond substituents is 1. The molecule has 0 spiro atoms. The van der Waals surface area contributed by atoms with Crippen LogP contribution in [0, 0.1) is 16.0 Å². The Morgan fingerprint density at radius 2 is 2.22 bits per heavy atom. The molecule has 0 aliphatic carbocycles. The van der Waals surface area contributed by atoms with Crippen LogP contribution in [0.5, 0.6) is 5.75 Å². The Morgan fingerprint density at radius 1 is 1.56 bits per heavy atom. The summed E-state index contributed by atoms with van der Waals surface area (Å²) in [4.78, 5) is 21.9. The van der Waals surface area contributed by atoms with Crippen LogP contribution in [-0.2, 0) is 4.79 Å². The van der Waals surface area contributed by atoms with Gasteiger partial charge in [-0.05, 0) is 12.5 Å². The molecule has 0 fully saturated rings. The first-order valence-corrected chi connectivity index (χ1v) is 5.74. The highest BCUT2D eigenvalue weighted by Crippen LogP contribution is 2.33. The van der Waals surface area contributed by atoms with Crippen molar-refractivity contribution in [2.45, 2.75) is 26.7 Å². The van der Waals surface area contributed by atoms with Gasteiger partial charge in [0.1, 0.15) is 5.75 Å². The number of carbonyl (C=O) groups is 1. The number of amides is 1. The largest absolute Gasteiger partial charge is 0.505 e. The van der Waals surface area contributed by atoms with Crippen LogP contribution in [0.25, 0.3) is 0 Å². The lowest BCUT2D eigenvalue weighted by Gasteiger charge is -2.12. The van der Waals surface area contributed by atoms with Crippen LogP contribution in [0.3, 0.4) is 0 Å². The van der Waals surface area contributed by atoms with Crippen LogP contribution in [0.1, 0.15) is 26.7 Å². The first-order chi connectivity index (χ1) is 8.47. The molecule has 0 aliphatic heterocycles. The Bertz CT molecular complexity index is 459. The highest BCUT2D eigenvalue weighted by atomic mass is 16.6. The summed E-state index contributed by atoms with van der Waals surface area (Å²) in [6.07, 6.45) is 1.53. The van der Waals surface area contributed by atoms with E-state index >= 15 is 0 Å². The second-order valence-electron chi connectivity index (χ2n) is 4.11. The average Bonchev–Trinajstić information content (AvgIpc) is 2.31. The van der Waals surface area contributed by atoms with Crippen LogP contribution < -0.4 is 5.32 Å². The molecule has 6 nitrogen and oxygen atoms in total. The summed E-state index contributed by atoms with van der Waals surface area (Å²) in [6.45, 7) is 3.69. The maximum absolute atomic E-state index is 11.8. The summed E-state index contributed by atoms with van der Waals surface area (Å²) in [7, 11) is 0. The molecule has 0 bridgehead atoms. The fourth-order valence-corrected chi connectivity index (χ4v) is 1.62. The Labute approximate surface area is 105 Å². The first-order valence-electron chi connectivity index (χ1n) is 5.74. The number of nitro groups is 1. The van der Waals surface area contributed by atoms with Gasteiger partial charge in [0.2, 0.25) is 5.91 Å². The summed E-state index contributed by atoms with van der Waals surface area (Å²) in [6, 6.07) is 3.89. The van der Waals surface area contributed by atoms with E-state index in [1.54, 1.807) is 6.92 Å². The van der Waals surface area contributed by atoms with Crippen molar-refractivity contribution in [2.75, 3.05) is 5.32 Å². The van der Waals surface area contributed by atoms with Gasteiger partial charge in [0.05, 0.1) is 4.92 Å². The van der Waals surface area contributed by atoms with E-state index in [9.17, 15) is 20.0 Å². The van der Waals surface area contributed by atoms with Gasteiger partial charge in [-0.2, -0.15) is 0 Å². The van der Waals surface area contributed by atoms with Gasteiger partial charge in [-0.25, -0.2) is 0 Å². The molecule has 0 saturated carbocycles. The summed E-state index contributed by atoms with van der Waals surface area (Å²) in [5, 5.41) is 22.8. The smallest absolute Gasteiger partial charge is 0.296 e. The van der Waals surface area contributed by atoms with Gasteiger partial charge >= 0.3 is 0 Å². The minimum absolute atomic E-state index is 0.143. The number of aromatic hydroxyl groups is 1. The van der Waals surface area contributed by atoms with Crippen molar-refractivity contribution >= 4 is 17.3 Å². The zero-order valence-electron chi connectivity index (χ0n) is 10.3.